The van der Waals surface area contributed by atoms with Crippen LogP contribution in [0.15, 0.2) is 17.2 Å². The van der Waals surface area contributed by atoms with E-state index in [4.69, 9.17) is 4.74 Å². The highest BCUT2D eigenvalue weighted by atomic mass is 32.2. The van der Waals surface area contributed by atoms with Gasteiger partial charge in [0.05, 0.1) is 40.9 Å². The van der Waals surface area contributed by atoms with Crippen molar-refractivity contribution in [2.45, 2.75) is 55.1 Å². The van der Waals surface area contributed by atoms with Crippen LogP contribution in [0, 0.1) is 5.92 Å². The molecule has 2 amide bonds. The zero-order valence-electron chi connectivity index (χ0n) is 21.5. The van der Waals surface area contributed by atoms with Gasteiger partial charge in [-0.05, 0) is 19.4 Å². The van der Waals surface area contributed by atoms with Crippen LogP contribution >= 0.6 is 0 Å². The third-order valence-corrected chi connectivity index (χ3v) is 8.44. The molecule has 17 heteroatoms. The number of carbonyl (C=O) groups excluding carboxylic acids is 2. The molecule has 4 heterocycles. The van der Waals surface area contributed by atoms with Gasteiger partial charge in [0.25, 0.3) is 0 Å². The molecule has 40 heavy (non-hydrogen) atoms. The fourth-order valence-corrected chi connectivity index (χ4v) is 6.42. The molecule has 4 rings (SSSR count). The number of nitrogens with one attached hydrogen (secondary N) is 3. The van der Waals surface area contributed by atoms with Gasteiger partial charge in [0, 0.05) is 56.3 Å². The lowest BCUT2D eigenvalue weighted by atomic mass is 9.96. The van der Waals surface area contributed by atoms with Gasteiger partial charge >= 0.3 is 12.4 Å². The number of hydrogen-bond acceptors (Lipinski definition) is 8. The van der Waals surface area contributed by atoms with Gasteiger partial charge in [-0.15, -0.1) is 0 Å². The van der Waals surface area contributed by atoms with Crippen molar-refractivity contribution in [1.82, 2.24) is 26.1 Å². The van der Waals surface area contributed by atoms with E-state index in [9.17, 15) is 40.1 Å². The highest BCUT2D eigenvalue weighted by molar-refractivity contribution is 7.85. The van der Waals surface area contributed by atoms with Crippen molar-refractivity contribution in [2.75, 3.05) is 50.0 Å². The van der Waals surface area contributed by atoms with Gasteiger partial charge in [0.2, 0.25) is 11.8 Å². The first-order valence-electron chi connectivity index (χ1n) is 12.7. The van der Waals surface area contributed by atoms with Gasteiger partial charge in [-0.3, -0.25) is 19.2 Å². The maximum absolute atomic E-state index is 13.3. The van der Waals surface area contributed by atoms with E-state index in [0.29, 0.717) is 13.0 Å². The summed E-state index contributed by atoms with van der Waals surface area (Å²) in [5, 5.41) is 2.76. The molecule has 2 saturated heterocycles. The maximum Gasteiger partial charge on any atom is 0.417 e. The van der Waals surface area contributed by atoms with Crippen LogP contribution in [0.1, 0.15) is 25.3 Å². The molecule has 0 spiro atoms. The number of alkyl halides is 6. The minimum absolute atomic E-state index is 0.0144. The number of hydrogen-bond donors (Lipinski definition) is 3. The molecule has 10 nitrogen and oxygen atoms in total. The summed E-state index contributed by atoms with van der Waals surface area (Å²) in [5.74, 6) is -3.20. The Labute approximate surface area is 228 Å². The lowest BCUT2D eigenvalue weighted by Gasteiger charge is -2.41. The van der Waals surface area contributed by atoms with Gasteiger partial charge < -0.3 is 19.9 Å². The minimum Gasteiger partial charge on any atom is -0.379 e. The smallest absolute Gasteiger partial charge is 0.379 e. The Hall–Kier alpha value is -2.50. The van der Waals surface area contributed by atoms with Crippen molar-refractivity contribution >= 4 is 28.4 Å². The van der Waals surface area contributed by atoms with E-state index >= 15 is 0 Å². The largest absolute Gasteiger partial charge is 0.417 e. The molecule has 5 atom stereocenters. The minimum atomic E-state index is -4.71. The van der Waals surface area contributed by atoms with E-state index in [0.717, 1.165) is 12.3 Å². The van der Waals surface area contributed by atoms with Crippen LogP contribution < -0.4 is 21.1 Å². The van der Waals surface area contributed by atoms with E-state index in [1.807, 2.05) is 10.3 Å². The van der Waals surface area contributed by atoms with Crippen molar-refractivity contribution in [3.8, 4) is 0 Å². The Bertz CT molecular complexity index is 1120. The Balaban J connectivity index is 1.26. The average Bonchev–Trinajstić information content (AvgIpc) is 3.01. The van der Waals surface area contributed by atoms with Crippen LogP contribution in [0.3, 0.4) is 0 Å². The molecule has 0 radical (unpaired) electrons. The number of ether oxygens (including phenoxy) is 1. The predicted octanol–water partition coefficient (Wildman–Crippen LogP) is 1.20. The second-order valence-electron chi connectivity index (χ2n) is 9.96. The number of piperazine rings is 1. The molecule has 0 aliphatic carbocycles. The van der Waals surface area contributed by atoms with Crippen molar-refractivity contribution in [3.63, 3.8) is 0 Å². The third-order valence-electron chi connectivity index (χ3n) is 7.05. The molecular weight excluding hydrogens is 570 g/mol. The van der Waals surface area contributed by atoms with Gasteiger partial charge in [-0.1, -0.05) is 0 Å². The first kappa shape index (κ1) is 30.5. The summed E-state index contributed by atoms with van der Waals surface area (Å²) in [7, 11) is -1.66. The quantitative estimate of drug-likeness (QED) is 0.316. The number of halogens is 6. The number of rotatable bonds is 7. The Morgan fingerprint density at radius 1 is 1.27 bits per heavy atom. The van der Waals surface area contributed by atoms with E-state index in [1.54, 1.807) is 11.8 Å². The monoisotopic (exact) mass is 600 g/mol. The lowest BCUT2D eigenvalue weighted by molar-refractivity contribution is -0.193. The van der Waals surface area contributed by atoms with Gasteiger partial charge in [-0.2, -0.15) is 26.3 Å². The summed E-state index contributed by atoms with van der Waals surface area (Å²) in [6.45, 7) is 2.41. The molecule has 2 unspecified atom stereocenters. The summed E-state index contributed by atoms with van der Waals surface area (Å²) in [4.78, 5) is 31.9. The summed E-state index contributed by atoms with van der Waals surface area (Å²) in [6, 6.07) is -1.09. The summed E-state index contributed by atoms with van der Waals surface area (Å²) in [5.41, 5.74) is 3.46. The Morgan fingerprint density at radius 2 is 2.02 bits per heavy atom. The number of anilines is 1. The van der Waals surface area contributed by atoms with Crippen LogP contribution in [0.5, 0.6) is 0 Å². The molecule has 0 saturated carbocycles. The van der Waals surface area contributed by atoms with Crippen LogP contribution in [0.2, 0.25) is 0 Å². The van der Waals surface area contributed by atoms with Crippen LogP contribution in [-0.4, -0.2) is 95.4 Å². The van der Waals surface area contributed by atoms with Crippen molar-refractivity contribution in [2.24, 2.45) is 5.92 Å². The number of pyridine rings is 1. The van der Waals surface area contributed by atoms with E-state index < -0.39 is 52.6 Å². The summed E-state index contributed by atoms with van der Waals surface area (Å²) < 4.78 is 97.4. The number of fused-ring (bicyclic) bond motifs is 3. The normalized spacial score (nSPS) is 26.4. The van der Waals surface area contributed by atoms with Crippen LogP contribution in [0.4, 0.5) is 32.2 Å². The van der Waals surface area contributed by atoms with Crippen LogP contribution in [-0.2, 0) is 31.3 Å². The lowest BCUT2D eigenvalue weighted by Crippen LogP contribution is -2.64. The van der Waals surface area contributed by atoms with Crippen molar-refractivity contribution in [1.29, 1.82) is 0 Å². The average molecular weight is 601 g/mol. The highest BCUT2D eigenvalue weighted by Gasteiger charge is 2.51. The molecule has 0 bridgehead atoms. The van der Waals surface area contributed by atoms with Gasteiger partial charge in [0.15, 0.2) is 5.92 Å². The zero-order chi connectivity index (χ0) is 29.2. The number of aromatic nitrogens is 1. The molecule has 2 fully saturated rings. The Kier molecular flexibility index (Phi) is 9.26. The van der Waals surface area contributed by atoms with Gasteiger partial charge in [0.1, 0.15) is 5.82 Å². The summed E-state index contributed by atoms with van der Waals surface area (Å²) in [6.07, 6.45) is -8.16. The molecule has 1 aromatic heterocycles. The second-order valence-corrected chi connectivity index (χ2v) is 11.5. The molecular formula is C23H30F6N6O4S. The third kappa shape index (κ3) is 7.03. The molecule has 0 aromatic carbocycles. The van der Waals surface area contributed by atoms with Crippen LogP contribution in [0.25, 0.3) is 0 Å². The second kappa shape index (κ2) is 12.2. The zero-order valence-corrected chi connectivity index (χ0v) is 22.3. The number of hydrazine groups is 1. The van der Waals surface area contributed by atoms with Crippen molar-refractivity contribution in [3.05, 3.63) is 17.8 Å². The van der Waals surface area contributed by atoms with E-state index in [1.165, 1.54) is 0 Å². The predicted molar refractivity (Wildman–Crippen MR) is 130 cm³/mol. The molecule has 1 aromatic rings. The van der Waals surface area contributed by atoms with Gasteiger partial charge in [-0.25, -0.2) is 10.4 Å². The summed E-state index contributed by atoms with van der Waals surface area (Å²) >= 11 is 0. The number of carbonyl (C=O) groups is 2. The first-order valence-corrected chi connectivity index (χ1v) is 14.0. The van der Waals surface area contributed by atoms with Crippen molar-refractivity contribution < 1.29 is 44.9 Å². The molecule has 3 N–H and O–H groups in total. The topological polar surface area (TPSA) is 116 Å². The first-order chi connectivity index (χ1) is 18.8. The fourth-order valence-electron chi connectivity index (χ4n) is 5.09. The molecule has 224 valence electrons. The maximum atomic E-state index is 13.3. The SMILES string of the molecule is C[C@@H](COCCC(=O)N1CCN2c3ncc(C(F)(F)F)cc3[S@](=O)CC[C@@H]2C1)NC1CNNC(=O)C1C(F)(F)F. The number of nitrogens with zero attached hydrogens (tertiary/aromatic N) is 3. The molecule has 3 aliphatic rings. The standard InChI is InChI=1S/C23H30F6N6O4S/c1-13(32-16-10-31-33-21(37)19(16)23(27,28)29)12-39-6-2-18(36)34-4-5-35-15(11-34)3-7-40(38)17-8-14(22(24,25)26)9-30-20(17)35/h8-9,13,15-16,19,31-32H,2-7,10-12H2,1H3,(H,33,37)/t13-,15+,16?,19?,40+/m0/s1. The fraction of sp³-hybridized carbons (Fsp3) is 0.696. The molecule has 3 aliphatic heterocycles. The highest BCUT2D eigenvalue weighted by Crippen LogP contribution is 2.36. The van der Waals surface area contributed by atoms with E-state index in [-0.39, 0.29) is 67.7 Å². The number of amides is 2. The van der Waals surface area contributed by atoms with E-state index in [2.05, 4.69) is 15.7 Å². The Morgan fingerprint density at radius 3 is 2.73 bits per heavy atom.